The first-order valence-electron chi connectivity index (χ1n) is 5.18. The summed E-state index contributed by atoms with van der Waals surface area (Å²) in [5.74, 6) is 0.650. The fourth-order valence-corrected chi connectivity index (χ4v) is 2.04. The van der Waals surface area contributed by atoms with Crippen LogP contribution in [0.25, 0.3) is 0 Å². The van der Waals surface area contributed by atoms with E-state index >= 15 is 0 Å². The summed E-state index contributed by atoms with van der Waals surface area (Å²) in [6.07, 6.45) is 0. The normalized spacial score (nSPS) is 16.2. The number of halogens is 1. The van der Waals surface area contributed by atoms with Crippen LogP contribution in [0.15, 0.2) is 12.1 Å². The van der Waals surface area contributed by atoms with Gasteiger partial charge in [-0.05, 0) is 6.07 Å². The number of hydrogen-bond acceptors (Lipinski definition) is 4. The first kappa shape index (κ1) is 11.4. The van der Waals surface area contributed by atoms with Crippen LogP contribution in [0.3, 0.4) is 0 Å². The third-order valence-corrected chi connectivity index (χ3v) is 2.95. The molecular formula is C11H15ClN2O2. The molecule has 0 saturated carbocycles. The molecule has 0 aliphatic carbocycles. The lowest BCUT2D eigenvalue weighted by molar-refractivity contribution is 0.122. The van der Waals surface area contributed by atoms with Crippen molar-refractivity contribution in [3.63, 3.8) is 0 Å². The molecular weight excluding hydrogens is 228 g/mol. The van der Waals surface area contributed by atoms with Gasteiger partial charge in [0.05, 0.1) is 36.7 Å². The summed E-state index contributed by atoms with van der Waals surface area (Å²) >= 11 is 5.99. The predicted molar refractivity (Wildman–Crippen MR) is 65.4 cm³/mol. The van der Waals surface area contributed by atoms with Crippen LogP contribution in [0, 0.1) is 0 Å². The second-order valence-corrected chi connectivity index (χ2v) is 4.05. The highest BCUT2D eigenvalue weighted by Gasteiger charge is 2.16. The van der Waals surface area contributed by atoms with Gasteiger partial charge in [0.25, 0.3) is 0 Å². The standard InChI is InChI=1S/C11H15ClN2O2/c1-15-11-7-10(9(13)6-8(11)12)14-2-4-16-5-3-14/h6-7H,2-5,13H2,1H3. The summed E-state index contributed by atoms with van der Waals surface area (Å²) in [6, 6.07) is 3.61. The van der Waals surface area contributed by atoms with Crippen LogP contribution in [0.1, 0.15) is 0 Å². The molecule has 0 atom stereocenters. The zero-order valence-electron chi connectivity index (χ0n) is 9.20. The van der Waals surface area contributed by atoms with Crippen molar-refractivity contribution >= 4 is 23.0 Å². The maximum absolute atomic E-state index is 5.99. The highest BCUT2D eigenvalue weighted by molar-refractivity contribution is 6.32. The molecule has 1 aliphatic heterocycles. The molecule has 2 N–H and O–H groups in total. The van der Waals surface area contributed by atoms with E-state index in [1.54, 1.807) is 13.2 Å². The van der Waals surface area contributed by atoms with Crippen molar-refractivity contribution in [2.24, 2.45) is 0 Å². The molecule has 1 fully saturated rings. The van der Waals surface area contributed by atoms with E-state index in [2.05, 4.69) is 4.90 Å². The van der Waals surface area contributed by atoms with E-state index in [0.717, 1.165) is 32.0 Å². The van der Waals surface area contributed by atoms with E-state index in [-0.39, 0.29) is 0 Å². The van der Waals surface area contributed by atoms with Gasteiger partial charge in [0.2, 0.25) is 0 Å². The van der Waals surface area contributed by atoms with E-state index in [4.69, 9.17) is 26.8 Å². The van der Waals surface area contributed by atoms with Crippen LogP contribution in [-0.4, -0.2) is 33.4 Å². The molecule has 0 spiro atoms. The summed E-state index contributed by atoms with van der Waals surface area (Å²) in [6.45, 7) is 3.14. The highest BCUT2D eigenvalue weighted by atomic mass is 35.5. The Morgan fingerprint density at radius 1 is 1.38 bits per heavy atom. The third kappa shape index (κ3) is 2.18. The van der Waals surface area contributed by atoms with Crippen molar-refractivity contribution in [2.75, 3.05) is 44.0 Å². The summed E-state index contributed by atoms with van der Waals surface area (Å²) in [5, 5.41) is 0.539. The smallest absolute Gasteiger partial charge is 0.139 e. The Hall–Kier alpha value is -1.13. The van der Waals surface area contributed by atoms with Crippen LogP contribution in [0.2, 0.25) is 5.02 Å². The quantitative estimate of drug-likeness (QED) is 0.803. The maximum atomic E-state index is 5.99. The third-order valence-electron chi connectivity index (χ3n) is 2.65. The van der Waals surface area contributed by atoms with Crippen molar-refractivity contribution in [3.05, 3.63) is 17.2 Å². The van der Waals surface area contributed by atoms with E-state index in [1.807, 2.05) is 6.07 Å². The van der Waals surface area contributed by atoms with Crippen molar-refractivity contribution in [1.82, 2.24) is 0 Å². The van der Waals surface area contributed by atoms with Crippen LogP contribution in [0.4, 0.5) is 11.4 Å². The number of benzene rings is 1. The topological polar surface area (TPSA) is 47.7 Å². The maximum Gasteiger partial charge on any atom is 0.139 e. The molecule has 1 aromatic rings. The SMILES string of the molecule is COc1cc(N2CCOCC2)c(N)cc1Cl. The number of morpholine rings is 1. The van der Waals surface area contributed by atoms with E-state index in [0.29, 0.717) is 16.5 Å². The minimum atomic E-state index is 0.539. The van der Waals surface area contributed by atoms with Gasteiger partial charge in [0, 0.05) is 19.2 Å². The lowest BCUT2D eigenvalue weighted by atomic mass is 10.2. The first-order valence-corrected chi connectivity index (χ1v) is 5.56. The van der Waals surface area contributed by atoms with Gasteiger partial charge in [-0.15, -0.1) is 0 Å². The van der Waals surface area contributed by atoms with Crippen molar-refractivity contribution in [1.29, 1.82) is 0 Å². The van der Waals surface area contributed by atoms with Gasteiger partial charge in [-0.1, -0.05) is 11.6 Å². The number of anilines is 2. The number of rotatable bonds is 2. The summed E-state index contributed by atoms with van der Waals surface area (Å²) in [5.41, 5.74) is 7.59. The van der Waals surface area contributed by atoms with Gasteiger partial charge in [-0.2, -0.15) is 0 Å². The largest absolute Gasteiger partial charge is 0.495 e. The number of nitrogens with zero attached hydrogens (tertiary/aromatic N) is 1. The van der Waals surface area contributed by atoms with Crippen LogP contribution >= 0.6 is 11.6 Å². The number of hydrogen-bond donors (Lipinski definition) is 1. The molecule has 4 nitrogen and oxygen atoms in total. The Labute approximate surface area is 99.9 Å². The highest BCUT2D eigenvalue weighted by Crippen LogP contribution is 2.35. The molecule has 2 rings (SSSR count). The molecule has 0 unspecified atom stereocenters. The monoisotopic (exact) mass is 242 g/mol. The van der Waals surface area contributed by atoms with Gasteiger partial charge in [-0.25, -0.2) is 0 Å². The molecule has 16 heavy (non-hydrogen) atoms. The Morgan fingerprint density at radius 2 is 2.06 bits per heavy atom. The minimum Gasteiger partial charge on any atom is -0.495 e. The van der Waals surface area contributed by atoms with Crippen LogP contribution < -0.4 is 15.4 Å². The van der Waals surface area contributed by atoms with Crippen LogP contribution in [0.5, 0.6) is 5.75 Å². The van der Waals surface area contributed by atoms with Gasteiger partial charge in [-0.3, -0.25) is 0 Å². The number of nitrogen functional groups attached to an aromatic ring is 1. The number of ether oxygens (including phenoxy) is 2. The fraction of sp³-hybridized carbons (Fsp3) is 0.455. The van der Waals surface area contributed by atoms with Crippen LogP contribution in [-0.2, 0) is 4.74 Å². The van der Waals surface area contributed by atoms with Crippen molar-refractivity contribution in [3.8, 4) is 5.75 Å². The Bertz CT molecular complexity index is 378. The molecule has 1 aromatic carbocycles. The molecule has 5 heteroatoms. The molecule has 0 radical (unpaired) electrons. The molecule has 0 bridgehead atoms. The average Bonchev–Trinajstić information content (AvgIpc) is 2.30. The molecule has 88 valence electrons. The summed E-state index contributed by atoms with van der Waals surface area (Å²) < 4.78 is 10.5. The van der Waals surface area contributed by atoms with E-state index in [9.17, 15) is 0 Å². The lowest BCUT2D eigenvalue weighted by Gasteiger charge is -2.30. The van der Waals surface area contributed by atoms with Crippen molar-refractivity contribution < 1.29 is 9.47 Å². The summed E-state index contributed by atoms with van der Waals surface area (Å²) in [4.78, 5) is 2.18. The number of nitrogens with two attached hydrogens (primary N) is 1. The Morgan fingerprint density at radius 3 is 2.69 bits per heavy atom. The molecule has 0 aromatic heterocycles. The zero-order chi connectivity index (χ0) is 11.5. The zero-order valence-corrected chi connectivity index (χ0v) is 9.96. The minimum absolute atomic E-state index is 0.539. The predicted octanol–water partition coefficient (Wildman–Crippen LogP) is 1.77. The average molecular weight is 243 g/mol. The molecule has 1 heterocycles. The van der Waals surface area contributed by atoms with E-state index < -0.39 is 0 Å². The van der Waals surface area contributed by atoms with E-state index in [1.165, 1.54) is 0 Å². The molecule has 1 saturated heterocycles. The van der Waals surface area contributed by atoms with Gasteiger partial charge >= 0.3 is 0 Å². The van der Waals surface area contributed by atoms with Gasteiger partial charge in [0.15, 0.2) is 0 Å². The van der Waals surface area contributed by atoms with Crippen molar-refractivity contribution in [2.45, 2.75) is 0 Å². The second kappa shape index (κ2) is 4.80. The fourth-order valence-electron chi connectivity index (χ4n) is 1.79. The lowest BCUT2D eigenvalue weighted by Crippen LogP contribution is -2.36. The Kier molecular flexibility index (Phi) is 3.41. The molecule has 1 aliphatic rings. The second-order valence-electron chi connectivity index (χ2n) is 3.64. The molecule has 0 amide bonds. The number of methoxy groups -OCH3 is 1. The van der Waals surface area contributed by atoms with Gasteiger partial charge < -0.3 is 20.1 Å². The van der Waals surface area contributed by atoms with Gasteiger partial charge in [0.1, 0.15) is 5.75 Å². The Balaban J connectivity index is 2.31. The first-order chi connectivity index (χ1) is 7.72. The summed E-state index contributed by atoms with van der Waals surface area (Å²) in [7, 11) is 1.60.